The minimum atomic E-state index is 0.0661. The van der Waals surface area contributed by atoms with Crippen LogP contribution < -0.4 is 10.6 Å². The van der Waals surface area contributed by atoms with E-state index in [9.17, 15) is 4.79 Å². The van der Waals surface area contributed by atoms with Crippen LogP contribution in [0.2, 0.25) is 0 Å². The number of rotatable bonds is 2. The summed E-state index contributed by atoms with van der Waals surface area (Å²) in [6, 6.07) is 3.77. The number of anilines is 1. The number of aromatic nitrogens is 1. The number of carbonyl (C=O) groups excluding carboxylic acids is 1. The Balaban J connectivity index is 1.96. The van der Waals surface area contributed by atoms with Crippen molar-refractivity contribution in [3.63, 3.8) is 0 Å². The molecular formula is C11H15N3O. The van der Waals surface area contributed by atoms with E-state index in [-0.39, 0.29) is 11.8 Å². The monoisotopic (exact) mass is 205 g/mol. The Morgan fingerprint density at radius 3 is 3.07 bits per heavy atom. The highest BCUT2D eigenvalue weighted by atomic mass is 16.2. The van der Waals surface area contributed by atoms with E-state index in [1.54, 1.807) is 6.20 Å². The van der Waals surface area contributed by atoms with Crippen LogP contribution in [-0.2, 0) is 4.79 Å². The lowest BCUT2D eigenvalue weighted by Gasteiger charge is -2.08. The normalized spacial score (nSPS) is 20.2. The average Bonchev–Trinajstić information content (AvgIpc) is 2.74. The van der Waals surface area contributed by atoms with Crippen LogP contribution in [0.5, 0.6) is 0 Å². The maximum atomic E-state index is 11.7. The predicted octanol–water partition coefficient (Wildman–Crippen LogP) is 0.938. The van der Waals surface area contributed by atoms with E-state index in [2.05, 4.69) is 15.6 Å². The zero-order chi connectivity index (χ0) is 10.7. The molecule has 1 aromatic heterocycles. The molecule has 1 fully saturated rings. The van der Waals surface area contributed by atoms with Gasteiger partial charge in [-0.15, -0.1) is 0 Å². The van der Waals surface area contributed by atoms with E-state index < -0.39 is 0 Å². The maximum Gasteiger partial charge on any atom is 0.229 e. The van der Waals surface area contributed by atoms with Crippen LogP contribution in [0.3, 0.4) is 0 Å². The van der Waals surface area contributed by atoms with Gasteiger partial charge in [-0.05, 0) is 31.5 Å². The van der Waals surface area contributed by atoms with Crippen LogP contribution in [0.1, 0.15) is 12.0 Å². The van der Waals surface area contributed by atoms with E-state index in [0.29, 0.717) is 5.82 Å². The molecule has 1 aromatic rings. The summed E-state index contributed by atoms with van der Waals surface area (Å²) in [7, 11) is 0. The zero-order valence-corrected chi connectivity index (χ0v) is 8.79. The van der Waals surface area contributed by atoms with Crippen molar-refractivity contribution in [2.45, 2.75) is 13.3 Å². The molecule has 0 aromatic carbocycles. The summed E-state index contributed by atoms with van der Waals surface area (Å²) in [5, 5.41) is 5.99. The van der Waals surface area contributed by atoms with Crippen molar-refractivity contribution < 1.29 is 4.79 Å². The zero-order valence-electron chi connectivity index (χ0n) is 8.79. The molecule has 1 amide bonds. The van der Waals surface area contributed by atoms with Gasteiger partial charge in [-0.3, -0.25) is 4.79 Å². The number of carbonyl (C=O) groups is 1. The van der Waals surface area contributed by atoms with Crippen LogP contribution in [-0.4, -0.2) is 24.0 Å². The number of hydrogen-bond donors (Lipinski definition) is 2. The molecule has 4 heteroatoms. The molecule has 0 radical (unpaired) electrons. The molecule has 1 unspecified atom stereocenters. The summed E-state index contributed by atoms with van der Waals surface area (Å²) < 4.78 is 0. The summed E-state index contributed by atoms with van der Waals surface area (Å²) in [6.07, 6.45) is 2.67. The Hall–Kier alpha value is -1.42. The van der Waals surface area contributed by atoms with Crippen molar-refractivity contribution in [1.29, 1.82) is 0 Å². The molecular weight excluding hydrogens is 190 g/mol. The van der Waals surface area contributed by atoms with Gasteiger partial charge in [0, 0.05) is 12.7 Å². The number of pyridine rings is 1. The third kappa shape index (κ3) is 2.53. The largest absolute Gasteiger partial charge is 0.316 e. The second kappa shape index (κ2) is 4.40. The molecule has 2 N–H and O–H groups in total. The highest BCUT2D eigenvalue weighted by Gasteiger charge is 2.22. The number of nitrogens with zero attached hydrogens (tertiary/aromatic N) is 1. The second-order valence-electron chi connectivity index (χ2n) is 3.90. The average molecular weight is 205 g/mol. The standard InChI is InChI=1S/C11H15N3O/c1-8-2-3-10(13-6-8)14-11(15)9-4-5-12-7-9/h2-3,6,9,12H,4-5,7H2,1H3,(H,13,14,15). The number of aryl methyl sites for hydroxylation is 1. The molecule has 4 nitrogen and oxygen atoms in total. The van der Waals surface area contributed by atoms with Gasteiger partial charge in [0.15, 0.2) is 0 Å². The highest BCUT2D eigenvalue weighted by Crippen LogP contribution is 2.11. The molecule has 0 spiro atoms. The van der Waals surface area contributed by atoms with E-state index in [4.69, 9.17) is 0 Å². The van der Waals surface area contributed by atoms with Crippen molar-refractivity contribution in [2.75, 3.05) is 18.4 Å². The molecule has 80 valence electrons. The minimum absolute atomic E-state index is 0.0661. The lowest BCUT2D eigenvalue weighted by Crippen LogP contribution is -2.24. The molecule has 0 bridgehead atoms. The topological polar surface area (TPSA) is 54.0 Å². The molecule has 1 aliphatic rings. The highest BCUT2D eigenvalue weighted by molar-refractivity contribution is 5.92. The minimum Gasteiger partial charge on any atom is -0.316 e. The van der Waals surface area contributed by atoms with Gasteiger partial charge < -0.3 is 10.6 Å². The lowest BCUT2D eigenvalue weighted by molar-refractivity contribution is -0.119. The quantitative estimate of drug-likeness (QED) is 0.755. The fourth-order valence-corrected chi connectivity index (χ4v) is 1.65. The van der Waals surface area contributed by atoms with Gasteiger partial charge in [-0.2, -0.15) is 0 Å². The second-order valence-corrected chi connectivity index (χ2v) is 3.90. The predicted molar refractivity (Wildman–Crippen MR) is 58.6 cm³/mol. The van der Waals surface area contributed by atoms with Gasteiger partial charge >= 0.3 is 0 Å². The van der Waals surface area contributed by atoms with Crippen molar-refractivity contribution in [3.05, 3.63) is 23.9 Å². The van der Waals surface area contributed by atoms with E-state index in [1.165, 1.54) is 0 Å². The first-order valence-corrected chi connectivity index (χ1v) is 5.20. The summed E-state index contributed by atoms with van der Waals surface area (Å²) in [6.45, 7) is 3.68. The van der Waals surface area contributed by atoms with E-state index in [1.807, 2.05) is 19.1 Å². The number of nitrogens with one attached hydrogen (secondary N) is 2. The van der Waals surface area contributed by atoms with Crippen LogP contribution in [0.15, 0.2) is 18.3 Å². The Morgan fingerprint density at radius 2 is 2.47 bits per heavy atom. The summed E-state index contributed by atoms with van der Waals surface area (Å²) in [5.74, 6) is 0.793. The van der Waals surface area contributed by atoms with Gasteiger partial charge in [0.05, 0.1) is 5.92 Å². The SMILES string of the molecule is Cc1ccc(NC(=O)C2CCNC2)nc1. The van der Waals surface area contributed by atoms with Crippen molar-refractivity contribution in [3.8, 4) is 0 Å². The molecule has 0 saturated carbocycles. The molecule has 1 saturated heterocycles. The fourth-order valence-electron chi connectivity index (χ4n) is 1.65. The molecule has 0 aliphatic carbocycles. The third-order valence-corrected chi connectivity index (χ3v) is 2.59. The fraction of sp³-hybridized carbons (Fsp3) is 0.455. The van der Waals surface area contributed by atoms with Crippen molar-refractivity contribution >= 4 is 11.7 Å². The smallest absolute Gasteiger partial charge is 0.229 e. The van der Waals surface area contributed by atoms with Crippen LogP contribution in [0, 0.1) is 12.8 Å². The van der Waals surface area contributed by atoms with Crippen LogP contribution >= 0.6 is 0 Å². The van der Waals surface area contributed by atoms with Gasteiger partial charge in [0.1, 0.15) is 5.82 Å². The Morgan fingerprint density at radius 1 is 1.60 bits per heavy atom. The van der Waals surface area contributed by atoms with Gasteiger partial charge in [0.2, 0.25) is 5.91 Å². The summed E-state index contributed by atoms with van der Waals surface area (Å²) >= 11 is 0. The lowest BCUT2D eigenvalue weighted by atomic mass is 10.1. The summed E-state index contributed by atoms with van der Waals surface area (Å²) in [5.41, 5.74) is 1.09. The van der Waals surface area contributed by atoms with Gasteiger partial charge in [-0.1, -0.05) is 6.07 Å². The molecule has 1 aliphatic heterocycles. The first-order chi connectivity index (χ1) is 7.25. The van der Waals surface area contributed by atoms with E-state index >= 15 is 0 Å². The van der Waals surface area contributed by atoms with Crippen LogP contribution in [0.25, 0.3) is 0 Å². The molecule has 2 heterocycles. The Labute approximate surface area is 89.1 Å². The number of amides is 1. The first kappa shape index (κ1) is 10.1. The summed E-state index contributed by atoms with van der Waals surface area (Å²) in [4.78, 5) is 15.8. The Kier molecular flexibility index (Phi) is 2.97. The van der Waals surface area contributed by atoms with Crippen molar-refractivity contribution in [1.82, 2.24) is 10.3 Å². The number of hydrogen-bond acceptors (Lipinski definition) is 3. The maximum absolute atomic E-state index is 11.7. The van der Waals surface area contributed by atoms with Crippen LogP contribution in [0.4, 0.5) is 5.82 Å². The van der Waals surface area contributed by atoms with Crippen molar-refractivity contribution in [2.24, 2.45) is 5.92 Å². The molecule has 1 atom stereocenters. The Bertz CT molecular complexity index is 341. The van der Waals surface area contributed by atoms with E-state index in [0.717, 1.165) is 25.1 Å². The molecule has 15 heavy (non-hydrogen) atoms. The molecule has 2 rings (SSSR count). The first-order valence-electron chi connectivity index (χ1n) is 5.20. The van der Waals surface area contributed by atoms with Gasteiger partial charge in [-0.25, -0.2) is 4.98 Å². The van der Waals surface area contributed by atoms with Gasteiger partial charge in [0.25, 0.3) is 0 Å². The third-order valence-electron chi connectivity index (χ3n) is 2.59.